The molecule has 1 aliphatic heterocycles. The fourth-order valence-electron chi connectivity index (χ4n) is 5.09. The van der Waals surface area contributed by atoms with Crippen LogP contribution in [0.15, 0.2) is 41.4 Å². The largest absolute Gasteiger partial charge is 0.507 e. The number of pyridine rings is 1. The summed E-state index contributed by atoms with van der Waals surface area (Å²) in [5.74, 6) is -9.06. The van der Waals surface area contributed by atoms with Crippen LogP contribution in [0.25, 0.3) is 22.0 Å². The first-order valence-electron chi connectivity index (χ1n) is 11.9. The van der Waals surface area contributed by atoms with Gasteiger partial charge in [0.25, 0.3) is 0 Å². The molecule has 1 aromatic heterocycles. The highest BCUT2D eigenvalue weighted by molar-refractivity contribution is 7.84. The Kier molecular flexibility index (Phi) is 7.34. The van der Waals surface area contributed by atoms with Gasteiger partial charge in [0.05, 0.1) is 21.4 Å². The summed E-state index contributed by atoms with van der Waals surface area (Å²) in [7, 11) is -2.30. The first kappa shape index (κ1) is 28.0. The van der Waals surface area contributed by atoms with Crippen molar-refractivity contribution in [1.29, 1.82) is 0 Å². The molecule has 40 heavy (non-hydrogen) atoms. The molecule has 1 aliphatic rings. The van der Waals surface area contributed by atoms with Crippen LogP contribution in [0, 0.1) is 34.9 Å². The predicted molar refractivity (Wildman–Crippen MR) is 141 cm³/mol. The molecule has 0 amide bonds. The van der Waals surface area contributed by atoms with Gasteiger partial charge in [-0.3, -0.25) is 9.19 Å². The lowest BCUT2D eigenvalue weighted by Crippen LogP contribution is -2.52. The summed E-state index contributed by atoms with van der Waals surface area (Å²) in [5, 5.41) is 10.3. The lowest BCUT2D eigenvalue weighted by molar-refractivity contribution is 0.417. The Morgan fingerprint density at radius 2 is 1.65 bits per heavy atom. The molecule has 210 valence electrons. The van der Waals surface area contributed by atoms with Crippen molar-refractivity contribution in [1.82, 2.24) is 4.98 Å². The number of aromatic hydroxyl groups is 1. The number of rotatable bonds is 4. The van der Waals surface area contributed by atoms with E-state index in [9.17, 15) is 31.3 Å². The fraction of sp³-hybridized carbons (Fsp3) is 0.222. The number of anilines is 2. The fourth-order valence-corrected chi connectivity index (χ4v) is 6.06. The number of piperazine rings is 1. The van der Waals surface area contributed by atoms with Crippen molar-refractivity contribution in [2.24, 2.45) is 0 Å². The molecule has 3 aromatic carbocycles. The van der Waals surface area contributed by atoms with Crippen LogP contribution in [-0.4, -0.2) is 46.2 Å². The van der Waals surface area contributed by atoms with Gasteiger partial charge in [-0.2, -0.15) is 0 Å². The molecule has 0 bridgehead atoms. The van der Waals surface area contributed by atoms with Crippen LogP contribution in [0.4, 0.5) is 37.7 Å². The quantitative estimate of drug-likeness (QED) is 0.213. The van der Waals surface area contributed by atoms with Crippen LogP contribution in [-0.2, 0) is 10.8 Å². The number of halogens is 7. The van der Waals surface area contributed by atoms with Crippen LogP contribution >= 0.6 is 11.6 Å². The van der Waals surface area contributed by atoms with Gasteiger partial charge in [-0.15, -0.1) is 0 Å². The van der Waals surface area contributed by atoms with Crippen LogP contribution in [0.2, 0.25) is 5.02 Å². The van der Waals surface area contributed by atoms with Crippen molar-refractivity contribution in [3.05, 3.63) is 76.5 Å². The average molecular weight is 600 g/mol. The zero-order valence-corrected chi connectivity index (χ0v) is 22.5. The van der Waals surface area contributed by atoms with E-state index in [0.717, 1.165) is 17.2 Å². The second-order valence-corrected chi connectivity index (χ2v) is 11.0. The molecule has 4 aromatic rings. The third-order valence-electron chi connectivity index (χ3n) is 6.89. The predicted octanol–water partition coefficient (Wildman–Crippen LogP) is 6.55. The van der Waals surface area contributed by atoms with E-state index in [2.05, 4.69) is 4.98 Å². The van der Waals surface area contributed by atoms with Crippen molar-refractivity contribution < 1.29 is 35.7 Å². The summed E-state index contributed by atoms with van der Waals surface area (Å²) in [5.41, 5.74) is -1.38. The molecule has 2 heterocycles. The Morgan fingerprint density at radius 1 is 0.975 bits per heavy atom. The lowest BCUT2D eigenvalue weighted by atomic mass is 9.99. The van der Waals surface area contributed by atoms with Gasteiger partial charge < -0.3 is 14.9 Å². The summed E-state index contributed by atoms with van der Waals surface area (Å²) in [6.45, 7) is 1.63. The smallest absolute Gasteiger partial charge is 0.186 e. The van der Waals surface area contributed by atoms with Gasteiger partial charge in [0.2, 0.25) is 0 Å². The molecule has 2 atom stereocenters. The van der Waals surface area contributed by atoms with Crippen LogP contribution < -0.4 is 9.80 Å². The minimum absolute atomic E-state index is 0.0766. The number of nitrogens with zero attached hydrogens (tertiary/aromatic N) is 3. The van der Waals surface area contributed by atoms with E-state index in [1.54, 1.807) is 17.9 Å². The van der Waals surface area contributed by atoms with Crippen molar-refractivity contribution in [2.45, 2.75) is 17.9 Å². The minimum atomic E-state index is -2.30. The zero-order chi connectivity index (χ0) is 29.0. The molecular weight excluding hydrogens is 580 g/mol. The van der Waals surface area contributed by atoms with Gasteiger partial charge in [-0.1, -0.05) is 17.7 Å². The molecule has 5 rings (SSSR count). The Balaban J connectivity index is 1.53. The molecule has 0 spiro atoms. The average Bonchev–Trinajstić information content (AvgIpc) is 2.89. The highest BCUT2D eigenvalue weighted by Gasteiger charge is 2.34. The second kappa shape index (κ2) is 10.5. The van der Waals surface area contributed by atoms with Gasteiger partial charge in [0, 0.05) is 54.8 Å². The van der Waals surface area contributed by atoms with E-state index in [1.165, 1.54) is 24.4 Å². The van der Waals surface area contributed by atoms with E-state index in [0.29, 0.717) is 5.69 Å². The Hall–Kier alpha value is -3.51. The van der Waals surface area contributed by atoms with Crippen molar-refractivity contribution in [3.63, 3.8) is 0 Å². The molecule has 1 unspecified atom stereocenters. The Labute approximate surface area is 232 Å². The molecule has 0 radical (unpaired) electrons. The van der Waals surface area contributed by atoms with E-state index in [4.69, 9.17) is 11.6 Å². The monoisotopic (exact) mass is 599 g/mol. The highest BCUT2D eigenvalue weighted by Crippen LogP contribution is 2.43. The van der Waals surface area contributed by atoms with Crippen molar-refractivity contribution in [2.75, 3.05) is 35.7 Å². The third kappa shape index (κ3) is 4.43. The minimum Gasteiger partial charge on any atom is -0.507 e. The van der Waals surface area contributed by atoms with Gasteiger partial charge in [-0.25, -0.2) is 26.3 Å². The van der Waals surface area contributed by atoms with Gasteiger partial charge in [0.1, 0.15) is 27.7 Å². The standard InChI is InChI=1S/C27H20ClF6N3O2S/c1-12-11-36(26-21(31)23(33)27(40(2)39)24(34)22(26)32)8-9-37(12)16-6-7-35-25-13(16)10-14(28)18(20(25)30)19-15(29)4-3-5-17(19)38/h3-7,10,12,38H,8-9,11H2,1-2H3/t12-,40?/m0/s1. The Morgan fingerprint density at radius 3 is 2.25 bits per heavy atom. The van der Waals surface area contributed by atoms with Crippen molar-refractivity contribution >= 4 is 44.7 Å². The topological polar surface area (TPSA) is 56.7 Å². The number of hydrogen-bond donors (Lipinski definition) is 1. The van der Waals surface area contributed by atoms with Gasteiger partial charge in [0.15, 0.2) is 29.1 Å². The number of aromatic nitrogens is 1. The second-order valence-electron chi connectivity index (χ2n) is 9.28. The number of fused-ring (bicyclic) bond motifs is 1. The van der Waals surface area contributed by atoms with E-state index in [1.807, 2.05) is 0 Å². The molecule has 1 saturated heterocycles. The van der Waals surface area contributed by atoms with Crippen LogP contribution in [0.5, 0.6) is 5.75 Å². The molecule has 0 saturated carbocycles. The van der Waals surface area contributed by atoms with E-state index in [-0.39, 0.29) is 41.1 Å². The summed E-state index contributed by atoms with van der Waals surface area (Å²) >= 11 is 6.39. The summed E-state index contributed by atoms with van der Waals surface area (Å²) < 4.78 is 101. The van der Waals surface area contributed by atoms with Crippen LogP contribution in [0.3, 0.4) is 0 Å². The summed E-state index contributed by atoms with van der Waals surface area (Å²) in [6.07, 6.45) is 2.24. The number of phenols is 1. The normalized spacial score (nSPS) is 16.6. The number of benzene rings is 3. The Bertz CT molecular complexity index is 1660. The molecule has 1 fully saturated rings. The first-order valence-corrected chi connectivity index (χ1v) is 13.8. The van der Waals surface area contributed by atoms with Crippen LogP contribution in [0.1, 0.15) is 6.92 Å². The number of phenolic OH excluding ortho intramolecular Hbond substituents is 1. The highest BCUT2D eigenvalue weighted by atomic mass is 35.5. The first-order chi connectivity index (χ1) is 18.9. The molecular formula is C27H20ClF6N3O2S. The molecule has 13 heteroatoms. The van der Waals surface area contributed by atoms with Crippen molar-refractivity contribution in [3.8, 4) is 16.9 Å². The van der Waals surface area contributed by atoms with Gasteiger partial charge in [-0.05, 0) is 31.2 Å². The maximum absolute atomic E-state index is 15.7. The maximum Gasteiger partial charge on any atom is 0.186 e. The third-order valence-corrected chi connectivity index (χ3v) is 8.12. The lowest BCUT2D eigenvalue weighted by Gasteiger charge is -2.42. The zero-order valence-electron chi connectivity index (χ0n) is 20.9. The SMILES string of the molecule is C[C@H]1CN(c2c(F)c(F)c(S(C)=O)c(F)c2F)CCN1c1ccnc2c(F)c(-c3c(O)cccc3F)c(Cl)cc12. The summed E-state index contributed by atoms with van der Waals surface area (Å²) in [4.78, 5) is 5.86. The van der Waals surface area contributed by atoms with E-state index < -0.39 is 73.6 Å². The summed E-state index contributed by atoms with van der Waals surface area (Å²) in [6, 6.07) is 5.96. The maximum atomic E-state index is 15.7. The molecule has 0 aliphatic carbocycles. The van der Waals surface area contributed by atoms with Gasteiger partial charge >= 0.3 is 0 Å². The molecule has 5 nitrogen and oxygen atoms in total. The molecule has 1 N–H and O–H groups in total. The van der Waals surface area contributed by atoms with E-state index >= 15 is 4.39 Å². The number of hydrogen-bond acceptors (Lipinski definition) is 5.